The highest BCUT2D eigenvalue weighted by molar-refractivity contribution is 5.99. The molecule has 0 fully saturated rings. The SMILES string of the molecule is CCc1ccc(/C(C)=N\Nc2cc(-n3cc(C)cn3)ncn2)cc1. The first-order chi connectivity index (χ1) is 11.7. The molecule has 0 saturated heterocycles. The van der Waals surface area contributed by atoms with Gasteiger partial charge in [-0.15, -0.1) is 0 Å². The monoisotopic (exact) mass is 320 g/mol. The van der Waals surface area contributed by atoms with Gasteiger partial charge in [0.25, 0.3) is 0 Å². The van der Waals surface area contributed by atoms with Gasteiger partial charge in [0.05, 0.1) is 11.9 Å². The van der Waals surface area contributed by atoms with Crippen molar-refractivity contribution in [2.24, 2.45) is 5.10 Å². The van der Waals surface area contributed by atoms with Crippen molar-refractivity contribution in [3.8, 4) is 5.82 Å². The number of benzene rings is 1. The Labute approximate surface area is 141 Å². The van der Waals surface area contributed by atoms with Gasteiger partial charge in [-0.3, -0.25) is 5.43 Å². The van der Waals surface area contributed by atoms with Crippen LogP contribution < -0.4 is 5.43 Å². The molecular weight excluding hydrogens is 300 g/mol. The second-order valence-electron chi connectivity index (χ2n) is 5.58. The minimum Gasteiger partial charge on any atom is -0.261 e. The van der Waals surface area contributed by atoms with E-state index in [0.29, 0.717) is 11.6 Å². The molecule has 3 aromatic rings. The van der Waals surface area contributed by atoms with Crippen LogP contribution in [0.2, 0.25) is 0 Å². The van der Waals surface area contributed by atoms with Crippen LogP contribution in [-0.2, 0) is 6.42 Å². The highest BCUT2D eigenvalue weighted by atomic mass is 15.3. The third-order valence-electron chi connectivity index (χ3n) is 3.72. The molecule has 1 N–H and O–H groups in total. The summed E-state index contributed by atoms with van der Waals surface area (Å²) in [5, 5.41) is 8.66. The van der Waals surface area contributed by atoms with Crippen LogP contribution in [0.5, 0.6) is 0 Å². The maximum atomic E-state index is 4.41. The number of rotatable bonds is 5. The van der Waals surface area contributed by atoms with E-state index in [1.165, 1.54) is 11.9 Å². The van der Waals surface area contributed by atoms with Gasteiger partial charge in [0.15, 0.2) is 11.6 Å². The van der Waals surface area contributed by atoms with Crippen LogP contribution in [0.25, 0.3) is 5.82 Å². The Balaban J connectivity index is 1.75. The topological polar surface area (TPSA) is 68.0 Å². The summed E-state index contributed by atoms with van der Waals surface area (Å²) in [7, 11) is 0. The van der Waals surface area contributed by atoms with Gasteiger partial charge in [0.2, 0.25) is 0 Å². The zero-order chi connectivity index (χ0) is 16.9. The highest BCUT2D eigenvalue weighted by Gasteiger charge is 2.03. The number of aromatic nitrogens is 4. The molecule has 1 aromatic carbocycles. The van der Waals surface area contributed by atoms with E-state index >= 15 is 0 Å². The largest absolute Gasteiger partial charge is 0.261 e. The van der Waals surface area contributed by atoms with E-state index in [-0.39, 0.29) is 0 Å². The third-order valence-corrected chi connectivity index (χ3v) is 3.72. The Morgan fingerprint density at radius 2 is 2.00 bits per heavy atom. The van der Waals surface area contributed by atoms with Gasteiger partial charge in [-0.2, -0.15) is 10.2 Å². The molecule has 2 aromatic heterocycles. The van der Waals surface area contributed by atoms with Gasteiger partial charge < -0.3 is 0 Å². The number of hydrazone groups is 1. The first kappa shape index (κ1) is 15.9. The average Bonchev–Trinajstić information content (AvgIpc) is 3.06. The van der Waals surface area contributed by atoms with E-state index in [1.807, 2.05) is 26.1 Å². The number of anilines is 1. The van der Waals surface area contributed by atoms with Crippen LogP contribution in [0.4, 0.5) is 5.82 Å². The molecule has 0 atom stereocenters. The zero-order valence-electron chi connectivity index (χ0n) is 14.1. The number of nitrogens with zero attached hydrogens (tertiary/aromatic N) is 5. The predicted octanol–water partition coefficient (Wildman–Crippen LogP) is 3.37. The number of aryl methyl sites for hydroxylation is 2. The molecule has 0 aliphatic rings. The van der Waals surface area contributed by atoms with E-state index in [1.54, 1.807) is 10.9 Å². The Hall–Kier alpha value is -3.02. The van der Waals surface area contributed by atoms with Crippen molar-refractivity contribution in [3.63, 3.8) is 0 Å². The summed E-state index contributed by atoms with van der Waals surface area (Å²) >= 11 is 0. The van der Waals surface area contributed by atoms with Gasteiger partial charge in [0, 0.05) is 12.3 Å². The lowest BCUT2D eigenvalue weighted by atomic mass is 10.1. The number of hydrogen-bond donors (Lipinski definition) is 1. The van der Waals surface area contributed by atoms with E-state index in [9.17, 15) is 0 Å². The summed E-state index contributed by atoms with van der Waals surface area (Å²) in [5.74, 6) is 1.32. The maximum Gasteiger partial charge on any atom is 0.158 e. The Kier molecular flexibility index (Phi) is 4.65. The van der Waals surface area contributed by atoms with E-state index < -0.39 is 0 Å². The fourth-order valence-corrected chi connectivity index (χ4v) is 2.26. The van der Waals surface area contributed by atoms with Crippen LogP contribution in [0.3, 0.4) is 0 Å². The second kappa shape index (κ2) is 7.04. The quantitative estimate of drug-likeness (QED) is 0.578. The minimum atomic E-state index is 0.623. The first-order valence-corrected chi connectivity index (χ1v) is 7.89. The summed E-state index contributed by atoms with van der Waals surface area (Å²) in [6.45, 7) is 6.10. The Morgan fingerprint density at radius 3 is 2.67 bits per heavy atom. The van der Waals surface area contributed by atoms with Crippen LogP contribution in [0.1, 0.15) is 30.5 Å². The lowest BCUT2D eigenvalue weighted by molar-refractivity contribution is 0.839. The lowest BCUT2D eigenvalue weighted by Crippen LogP contribution is -2.03. The summed E-state index contributed by atoms with van der Waals surface area (Å²) < 4.78 is 1.71. The van der Waals surface area contributed by atoms with Crippen molar-refractivity contribution in [2.45, 2.75) is 27.2 Å². The Morgan fingerprint density at radius 1 is 1.21 bits per heavy atom. The molecule has 0 radical (unpaired) electrons. The molecule has 0 bridgehead atoms. The number of hydrogen-bond acceptors (Lipinski definition) is 5. The predicted molar refractivity (Wildman–Crippen MR) is 95.5 cm³/mol. The summed E-state index contributed by atoms with van der Waals surface area (Å²) in [6.07, 6.45) is 6.23. The molecule has 3 rings (SSSR count). The third kappa shape index (κ3) is 3.65. The molecular formula is C18H20N6. The normalized spacial score (nSPS) is 11.5. The van der Waals surface area contributed by atoms with Crippen molar-refractivity contribution < 1.29 is 0 Å². The maximum absolute atomic E-state index is 4.41. The van der Waals surface area contributed by atoms with E-state index in [0.717, 1.165) is 23.3 Å². The molecule has 0 aliphatic carbocycles. The fourth-order valence-electron chi connectivity index (χ4n) is 2.26. The van der Waals surface area contributed by atoms with Crippen molar-refractivity contribution in [1.82, 2.24) is 19.7 Å². The average molecular weight is 320 g/mol. The highest BCUT2D eigenvalue weighted by Crippen LogP contribution is 2.10. The summed E-state index contributed by atoms with van der Waals surface area (Å²) in [4.78, 5) is 8.42. The minimum absolute atomic E-state index is 0.623. The van der Waals surface area contributed by atoms with Crippen molar-refractivity contribution in [3.05, 3.63) is 65.7 Å². The first-order valence-electron chi connectivity index (χ1n) is 7.89. The van der Waals surface area contributed by atoms with Gasteiger partial charge >= 0.3 is 0 Å². The summed E-state index contributed by atoms with van der Waals surface area (Å²) in [6, 6.07) is 10.2. The van der Waals surface area contributed by atoms with Gasteiger partial charge in [-0.25, -0.2) is 14.6 Å². The molecule has 0 saturated carbocycles. The molecule has 6 heteroatoms. The summed E-state index contributed by atoms with van der Waals surface area (Å²) in [5.41, 5.74) is 7.35. The smallest absolute Gasteiger partial charge is 0.158 e. The van der Waals surface area contributed by atoms with Crippen molar-refractivity contribution in [2.75, 3.05) is 5.43 Å². The van der Waals surface area contributed by atoms with E-state index in [2.05, 4.69) is 56.8 Å². The molecule has 24 heavy (non-hydrogen) atoms. The number of nitrogens with one attached hydrogen (secondary N) is 1. The zero-order valence-corrected chi connectivity index (χ0v) is 14.1. The van der Waals surface area contributed by atoms with E-state index in [4.69, 9.17) is 0 Å². The molecule has 6 nitrogen and oxygen atoms in total. The molecule has 122 valence electrons. The molecule has 0 unspecified atom stereocenters. The lowest BCUT2D eigenvalue weighted by Gasteiger charge is -2.05. The van der Waals surface area contributed by atoms with Crippen LogP contribution in [0.15, 0.2) is 54.2 Å². The fraction of sp³-hybridized carbons (Fsp3) is 0.222. The van der Waals surface area contributed by atoms with Gasteiger partial charge in [-0.05, 0) is 37.0 Å². The van der Waals surface area contributed by atoms with Crippen LogP contribution >= 0.6 is 0 Å². The molecule has 0 amide bonds. The second-order valence-corrected chi connectivity index (χ2v) is 5.58. The Bertz CT molecular complexity index is 848. The van der Waals surface area contributed by atoms with Crippen molar-refractivity contribution in [1.29, 1.82) is 0 Å². The molecule has 2 heterocycles. The van der Waals surface area contributed by atoms with Crippen molar-refractivity contribution >= 4 is 11.5 Å². The van der Waals surface area contributed by atoms with Crippen LogP contribution in [-0.4, -0.2) is 25.5 Å². The standard InChI is InChI=1S/C18H20N6/c1-4-15-5-7-16(8-6-15)14(3)22-23-17-9-18(20-12-19-17)24-11-13(2)10-21-24/h5-12H,4H2,1-3H3,(H,19,20,23)/b22-14-. The molecule has 0 aliphatic heterocycles. The van der Waals surface area contributed by atoms with Crippen LogP contribution in [0, 0.1) is 6.92 Å². The van der Waals surface area contributed by atoms with Gasteiger partial charge in [-0.1, -0.05) is 31.2 Å². The molecule has 0 spiro atoms. The van der Waals surface area contributed by atoms with Gasteiger partial charge in [0.1, 0.15) is 6.33 Å².